The summed E-state index contributed by atoms with van der Waals surface area (Å²) >= 11 is 6.87. The molecule has 0 saturated heterocycles. The van der Waals surface area contributed by atoms with Crippen LogP contribution in [0.15, 0.2) is 24.3 Å². The van der Waals surface area contributed by atoms with Crippen molar-refractivity contribution in [2.75, 3.05) is 0 Å². The quantitative estimate of drug-likeness (QED) is 0.596. The van der Waals surface area contributed by atoms with Crippen molar-refractivity contribution in [3.8, 4) is 0 Å². The third-order valence-corrected chi connectivity index (χ3v) is 5.04. The van der Waals surface area contributed by atoms with Crippen LogP contribution in [-0.2, 0) is 0 Å². The summed E-state index contributed by atoms with van der Waals surface area (Å²) < 4.78 is 0. The van der Waals surface area contributed by atoms with E-state index >= 15 is 0 Å². The summed E-state index contributed by atoms with van der Waals surface area (Å²) in [5.74, 6) is 0.731. The highest BCUT2D eigenvalue weighted by molar-refractivity contribution is 6.21. The van der Waals surface area contributed by atoms with E-state index in [2.05, 4.69) is 45.0 Å². The van der Waals surface area contributed by atoms with Crippen molar-refractivity contribution in [3.63, 3.8) is 0 Å². The number of alkyl halides is 1. The lowest BCUT2D eigenvalue weighted by Gasteiger charge is -2.36. The van der Waals surface area contributed by atoms with Gasteiger partial charge in [-0.15, -0.1) is 11.6 Å². The van der Waals surface area contributed by atoms with E-state index in [9.17, 15) is 0 Å². The molecule has 1 aliphatic carbocycles. The number of rotatable bonds is 4. The highest BCUT2D eigenvalue weighted by atomic mass is 35.5. The van der Waals surface area contributed by atoms with Gasteiger partial charge in [0.1, 0.15) is 0 Å². The van der Waals surface area contributed by atoms with Gasteiger partial charge in [-0.3, -0.25) is 0 Å². The Bertz CT molecular complexity index is 371. The van der Waals surface area contributed by atoms with E-state index in [0.717, 1.165) is 5.92 Å². The maximum absolute atomic E-state index is 6.87. The molecular weight excluding hydrogens is 240 g/mol. The van der Waals surface area contributed by atoms with Crippen molar-refractivity contribution in [1.29, 1.82) is 0 Å². The Morgan fingerprint density at radius 3 is 2.17 bits per heavy atom. The second-order valence-corrected chi connectivity index (χ2v) is 6.88. The van der Waals surface area contributed by atoms with Gasteiger partial charge in [0, 0.05) is 0 Å². The van der Waals surface area contributed by atoms with E-state index in [4.69, 9.17) is 11.6 Å². The number of hydrogen-bond acceptors (Lipinski definition) is 0. The molecule has 100 valence electrons. The fraction of sp³-hybridized carbons (Fsp3) is 0.647. The van der Waals surface area contributed by atoms with Crippen LogP contribution in [0.25, 0.3) is 0 Å². The van der Waals surface area contributed by atoms with Gasteiger partial charge in [0.2, 0.25) is 0 Å². The third-order valence-electron chi connectivity index (χ3n) is 4.32. The van der Waals surface area contributed by atoms with Crippen molar-refractivity contribution in [1.82, 2.24) is 0 Å². The molecule has 1 saturated carbocycles. The molecule has 0 bridgehead atoms. The van der Waals surface area contributed by atoms with Gasteiger partial charge in [0.25, 0.3) is 0 Å². The first-order valence-corrected chi connectivity index (χ1v) is 7.68. The Balaban J connectivity index is 2.22. The van der Waals surface area contributed by atoms with Crippen LogP contribution in [0, 0.1) is 18.3 Å². The lowest BCUT2D eigenvalue weighted by molar-refractivity contribution is 0.223. The van der Waals surface area contributed by atoms with E-state index in [-0.39, 0.29) is 5.38 Å². The monoisotopic (exact) mass is 264 g/mol. The lowest BCUT2D eigenvalue weighted by Crippen LogP contribution is -2.24. The van der Waals surface area contributed by atoms with Crippen LogP contribution in [0.5, 0.6) is 0 Å². The van der Waals surface area contributed by atoms with Gasteiger partial charge in [-0.2, -0.15) is 0 Å². The van der Waals surface area contributed by atoms with Crippen LogP contribution < -0.4 is 0 Å². The van der Waals surface area contributed by atoms with Crippen LogP contribution >= 0.6 is 11.6 Å². The van der Waals surface area contributed by atoms with Gasteiger partial charge in [-0.25, -0.2) is 0 Å². The van der Waals surface area contributed by atoms with Crippen LogP contribution in [0.4, 0.5) is 0 Å². The van der Waals surface area contributed by atoms with Gasteiger partial charge in [0.05, 0.1) is 5.38 Å². The van der Waals surface area contributed by atoms with E-state index in [1.807, 2.05) is 0 Å². The predicted molar refractivity (Wildman–Crippen MR) is 80.1 cm³/mol. The zero-order valence-corrected chi connectivity index (χ0v) is 12.6. The second kappa shape index (κ2) is 5.65. The summed E-state index contributed by atoms with van der Waals surface area (Å²) in [5, 5.41) is 0.183. The van der Waals surface area contributed by atoms with Gasteiger partial charge in [0.15, 0.2) is 0 Å². The van der Waals surface area contributed by atoms with E-state index in [1.165, 1.54) is 43.2 Å². The Morgan fingerprint density at radius 2 is 1.67 bits per heavy atom. The normalized spacial score (nSPS) is 20.3. The molecule has 0 aromatic heterocycles. The highest BCUT2D eigenvalue weighted by Crippen LogP contribution is 2.54. The maximum Gasteiger partial charge on any atom is 0.0641 e. The van der Waals surface area contributed by atoms with Crippen molar-refractivity contribution in [2.24, 2.45) is 11.3 Å². The molecule has 1 atom stereocenters. The molecular formula is C17H25Cl. The molecule has 1 unspecified atom stereocenters. The van der Waals surface area contributed by atoms with Gasteiger partial charge in [-0.1, -0.05) is 56.5 Å². The Hall–Kier alpha value is -0.490. The molecule has 0 radical (unpaired) electrons. The average molecular weight is 265 g/mol. The van der Waals surface area contributed by atoms with E-state index in [0.29, 0.717) is 5.41 Å². The highest BCUT2D eigenvalue weighted by Gasteiger charge is 2.41. The minimum atomic E-state index is 0.183. The van der Waals surface area contributed by atoms with Crippen LogP contribution in [0.1, 0.15) is 62.5 Å². The first-order chi connectivity index (χ1) is 8.53. The molecule has 1 heteroatoms. The molecule has 1 fully saturated rings. The molecule has 1 aliphatic rings. The zero-order valence-electron chi connectivity index (χ0n) is 11.9. The van der Waals surface area contributed by atoms with Crippen molar-refractivity contribution in [3.05, 3.63) is 35.4 Å². The van der Waals surface area contributed by atoms with Crippen LogP contribution in [-0.4, -0.2) is 0 Å². The maximum atomic E-state index is 6.87. The molecule has 0 N–H and O–H groups in total. The minimum absolute atomic E-state index is 0.183. The summed E-state index contributed by atoms with van der Waals surface area (Å²) in [6.45, 7) is 6.77. The predicted octanol–water partition coefficient (Wildman–Crippen LogP) is 5.88. The second-order valence-electron chi connectivity index (χ2n) is 6.44. The largest absolute Gasteiger partial charge is 0.117 e. The Morgan fingerprint density at radius 1 is 1.11 bits per heavy atom. The topological polar surface area (TPSA) is 0 Å². The summed E-state index contributed by atoms with van der Waals surface area (Å²) in [4.78, 5) is 0. The molecule has 1 aromatic rings. The number of aryl methyl sites for hydroxylation is 1. The molecule has 0 aliphatic heterocycles. The number of halogens is 1. The lowest BCUT2D eigenvalue weighted by atomic mass is 9.73. The average Bonchev–Trinajstić information content (AvgIpc) is 2.78. The van der Waals surface area contributed by atoms with Crippen molar-refractivity contribution >= 4 is 11.6 Å². The molecule has 0 heterocycles. The van der Waals surface area contributed by atoms with Gasteiger partial charge >= 0.3 is 0 Å². The minimum Gasteiger partial charge on any atom is -0.117 e. The number of hydrogen-bond donors (Lipinski definition) is 0. The SMILES string of the molecule is Cc1ccc(C(Cl)C2(CC(C)C)CCCC2)cc1. The molecule has 18 heavy (non-hydrogen) atoms. The van der Waals surface area contributed by atoms with Crippen LogP contribution in [0.2, 0.25) is 0 Å². The van der Waals surface area contributed by atoms with Gasteiger partial charge < -0.3 is 0 Å². The Kier molecular flexibility index (Phi) is 4.37. The standard InChI is InChI=1S/C17H25Cl/c1-13(2)12-17(10-4-5-11-17)16(18)15-8-6-14(3)7-9-15/h6-9,13,16H,4-5,10-12H2,1-3H3. The zero-order chi connectivity index (χ0) is 13.2. The fourth-order valence-electron chi connectivity index (χ4n) is 3.54. The first-order valence-electron chi connectivity index (χ1n) is 7.24. The number of benzene rings is 1. The first kappa shape index (κ1) is 13.9. The smallest absolute Gasteiger partial charge is 0.0641 e. The van der Waals surface area contributed by atoms with E-state index in [1.54, 1.807) is 0 Å². The molecule has 0 nitrogen and oxygen atoms in total. The molecule has 0 spiro atoms. The van der Waals surface area contributed by atoms with Crippen molar-refractivity contribution in [2.45, 2.75) is 58.3 Å². The Labute approximate surface area is 117 Å². The van der Waals surface area contributed by atoms with E-state index < -0.39 is 0 Å². The van der Waals surface area contributed by atoms with Crippen molar-refractivity contribution < 1.29 is 0 Å². The molecule has 2 rings (SSSR count). The summed E-state index contributed by atoms with van der Waals surface area (Å²) in [6.07, 6.45) is 6.55. The molecule has 1 aromatic carbocycles. The third kappa shape index (κ3) is 2.91. The van der Waals surface area contributed by atoms with Crippen LogP contribution in [0.3, 0.4) is 0 Å². The van der Waals surface area contributed by atoms with Gasteiger partial charge in [-0.05, 0) is 43.1 Å². The summed E-state index contributed by atoms with van der Waals surface area (Å²) in [5.41, 5.74) is 2.96. The summed E-state index contributed by atoms with van der Waals surface area (Å²) in [6, 6.07) is 8.80. The fourth-order valence-corrected chi connectivity index (χ4v) is 3.99. The molecule has 0 amide bonds. The summed E-state index contributed by atoms with van der Waals surface area (Å²) in [7, 11) is 0.